The molecule has 12 heavy (non-hydrogen) atoms. The molecule has 1 rings (SSSR count). The zero-order valence-electron chi connectivity index (χ0n) is 7.13. The van der Waals surface area contributed by atoms with E-state index in [1.165, 1.54) is 0 Å². The number of aryl methyl sites for hydroxylation is 1. The van der Waals surface area contributed by atoms with Crippen molar-refractivity contribution in [1.82, 2.24) is 5.16 Å². The second kappa shape index (κ2) is 3.38. The Balaban J connectivity index is 3.03. The molecule has 0 fully saturated rings. The lowest BCUT2D eigenvalue weighted by Gasteiger charge is -1.94. The van der Waals surface area contributed by atoms with Gasteiger partial charge in [-0.05, 0) is 13.3 Å². The van der Waals surface area contributed by atoms with Crippen LogP contribution in [0.3, 0.4) is 0 Å². The van der Waals surface area contributed by atoms with Crippen LogP contribution >= 0.6 is 0 Å². The molecule has 1 N–H and O–H groups in total. The molecule has 66 valence electrons. The van der Waals surface area contributed by atoms with Gasteiger partial charge < -0.3 is 9.63 Å². The molecule has 1 aromatic rings. The van der Waals surface area contributed by atoms with Crippen LogP contribution in [0.15, 0.2) is 4.52 Å². The van der Waals surface area contributed by atoms with Crippen molar-refractivity contribution in [2.24, 2.45) is 0 Å². The van der Waals surface area contributed by atoms with Crippen LogP contribution in [-0.4, -0.2) is 16.2 Å². The lowest BCUT2D eigenvalue weighted by atomic mass is 10.1. The van der Waals surface area contributed by atoms with Gasteiger partial charge in [0, 0.05) is 5.56 Å². The van der Waals surface area contributed by atoms with Gasteiger partial charge in [-0.1, -0.05) is 18.5 Å². The van der Waals surface area contributed by atoms with E-state index in [1.54, 1.807) is 6.92 Å². The number of aromatic nitrogens is 1. The number of rotatable bonds is 3. The average Bonchev–Trinajstić information content (AvgIpc) is 2.34. The lowest BCUT2D eigenvalue weighted by molar-refractivity contribution is 0.0650. The summed E-state index contributed by atoms with van der Waals surface area (Å²) in [5.41, 5.74) is 1.39. The molecular weight excluding hydrogens is 158 g/mol. The van der Waals surface area contributed by atoms with Gasteiger partial charge in [0.2, 0.25) is 5.76 Å². The van der Waals surface area contributed by atoms with Crippen molar-refractivity contribution < 1.29 is 14.4 Å². The minimum absolute atomic E-state index is 0.0191. The van der Waals surface area contributed by atoms with Crippen molar-refractivity contribution >= 4 is 5.97 Å². The zero-order valence-corrected chi connectivity index (χ0v) is 7.13. The van der Waals surface area contributed by atoms with Gasteiger partial charge in [-0.3, -0.25) is 0 Å². The van der Waals surface area contributed by atoms with E-state index in [0.29, 0.717) is 17.7 Å². The highest BCUT2D eigenvalue weighted by atomic mass is 16.5. The summed E-state index contributed by atoms with van der Waals surface area (Å²) in [5.74, 6) is -1.06. The molecule has 1 heterocycles. The van der Waals surface area contributed by atoms with E-state index in [2.05, 4.69) is 9.68 Å². The predicted molar refractivity (Wildman–Crippen MR) is 42.2 cm³/mol. The Bertz CT molecular complexity index is 290. The Morgan fingerprint density at radius 2 is 2.33 bits per heavy atom. The maximum atomic E-state index is 10.6. The Labute approximate surface area is 70.2 Å². The minimum Gasteiger partial charge on any atom is -0.475 e. The van der Waals surface area contributed by atoms with E-state index in [9.17, 15) is 4.79 Å². The maximum Gasteiger partial charge on any atom is 0.375 e. The molecule has 4 heteroatoms. The third-order valence-corrected chi connectivity index (χ3v) is 1.68. The van der Waals surface area contributed by atoms with E-state index in [4.69, 9.17) is 5.11 Å². The summed E-state index contributed by atoms with van der Waals surface area (Å²) in [4.78, 5) is 10.6. The average molecular weight is 169 g/mol. The largest absolute Gasteiger partial charge is 0.475 e. The summed E-state index contributed by atoms with van der Waals surface area (Å²) in [6.45, 7) is 3.74. The van der Waals surface area contributed by atoms with Crippen LogP contribution in [0.5, 0.6) is 0 Å². The van der Waals surface area contributed by atoms with Gasteiger partial charge in [0.15, 0.2) is 0 Å². The van der Waals surface area contributed by atoms with Crippen LogP contribution in [0, 0.1) is 6.92 Å². The first kappa shape index (κ1) is 8.77. The molecule has 0 aliphatic heterocycles. The van der Waals surface area contributed by atoms with Gasteiger partial charge >= 0.3 is 5.97 Å². The van der Waals surface area contributed by atoms with Crippen LogP contribution in [0.2, 0.25) is 0 Å². The number of hydrogen-bond donors (Lipinski definition) is 1. The summed E-state index contributed by atoms with van der Waals surface area (Å²) >= 11 is 0. The molecule has 0 saturated carbocycles. The second-order valence-electron chi connectivity index (χ2n) is 2.63. The fourth-order valence-electron chi connectivity index (χ4n) is 1.10. The van der Waals surface area contributed by atoms with Gasteiger partial charge in [-0.2, -0.15) is 0 Å². The normalized spacial score (nSPS) is 10.2. The fraction of sp³-hybridized carbons (Fsp3) is 0.500. The molecule has 0 spiro atoms. The summed E-state index contributed by atoms with van der Waals surface area (Å²) in [5, 5.41) is 12.3. The molecule has 0 saturated heterocycles. The summed E-state index contributed by atoms with van der Waals surface area (Å²) < 4.78 is 4.66. The van der Waals surface area contributed by atoms with Crippen molar-refractivity contribution in [2.45, 2.75) is 26.7 Å². The highest BCUT2D eigenvalue weighted by molar-refractivity contribution is 5.86. The molecule has 4 nitrogen and oxygen atoms in total. The SMILES string of the molecule is CCCc1c(C)noc1C(=O)O. The molecule has 0 unspecified atom stereocenters. The minimum atomic E-state index is -1.04. The van der Waals surface area contributed by atoms with E-state index in [-0.39, 0.29) is 5.76 Å². The standard InChI is InChI=1S/C8H11NO3/c1-3-4-6-5(2)9-12-7(6)8(10)11/h3-4H2,1-2H3,(H,10,11). The number of hydrogen-bond acceptors (Lipinski definition) is 3. The maximum absolute atomic E-state index is 10.6. The van der Waals surface area contributed by atoms with E-state index in [0.717, 1.165) is 6.42 Å². The van der Waals surface area contributed by atoms with Crippen LogP contribution < -0.4 is 0 Å². The molecule has 0 radical (unpaired) electrons. The fourth-order valence-corrected chi connectivity index (χ4v) is 1.10. The van der Waals surface area contributed by atoms with Crippen LogP contribution in [-0.2, 0) is 6.42 Å². The van der Waals surface area contributed by atoms with Crippen molar-refractivity contribution in [3.63, 3.8) is 0 Å². The molecule has 0 aliphatic carbocycles. The smallest absolute Gasteiger partial charge is 0.375 e. The van der Waals surface area contributed by atoms with E-state index < -0.39 is 5.97 Å². The Kier molecular flexibility index (Phi) is 2.47. The molecule has 0 aliphatic rings. The van der Waals surface area contributed by atoms with Crippen molar-refractivity contribution in [3.05, 3.63) is 17.0 Å². The first-order chi connectivity index (χ1) is 5.66. The number of carbonyl (C=O) groups is 1. The number of aromatic carboxylic acids is 1. The van der Waals surface area contributed by atoms with Gasteiger partial charge in [-0.25, -0.2) is 4.79 Å². The van der Waals surface area contributed by atoms with Crippen LogP contribution in [0.4, 0.5) is 0 Å². The summed E-state index contributed by atoms with van der Waals surface area (Å²) in [6.07, 6.45) is 1.60. The highest BCUT2D eigenvalue weighted by Gasteiger charge is 2.17. The topological polar surface area (TPSA) is 63.3 Å². The predicted octanol–water partition coefficient (Wildman–Crippen LogP) is 1.63. The number of nitrogens with zero attached hydrogens (tertiary/aromatic N) is 1. The molecule has 1 aromatic heterocycles. The van der Waals surface area contributed by atoms with Crippen LogP contribution in [0.25, 0.3) is 0 Å². The monoisotopic (exact) mass is 169 g/mol. The number of carboxylic acid groups (broad SMARTS) is 1. The first-order valence-electron chi connectivity index (χ1n) is 3.85. The zero-order chi connectivity index (χ0) is 9.14. The van der Waals surface area contributed by atoms with Gasteiger partial charge in [-0.15, -0.1) is 0 Å². The Morgan fingerprint density at radius 3 is 2.83 bits per heavy atom. The van der Waals surface area contributed by atoms with Gasteiger partial charge in [0.05, 0.1) is 5.69 Å². The quantitative estimate of drug-likeness (QED) is 0.746. The van der Waals surface area contributed by atoms with Crippen molar-refractivity contribution in [1.29, 1.82) is 0 Å². The van der Waals surface area contributed by atoms with E-state index in [1.807, 2.05) is 6.92 Å². The Hall–Kier alpha value is -1.32. The number of carboxylic acids is 1. The Morgan fingerprint density at radius 1 is 1.67 bits per heavy atom. The summed E-state index contributed by atoms with van der Waals surface area (Å²) in [6, 6.07) is 0. The molecule has 0 aromatic carbocycles. The molecule has 0 atom stereocenters. The van der Waals surface area contributed by atoms with Gasteiger partial charge in [0.25, 0.3) is 0 Å². The summed E-state index contributed by atoms with van der Waals surface area (Å²) in [7, 11) is 0. The first-order valence-corrected chi connectivity index (χ1v) is 3.85. The lowest BCUT2D eigenvalue weighted by Crippen LogP contribution is -1.99. The molecule has 0 amide bonds. The van der Waals surface area contributed by atoms with Crippen LogP contribution in [0.1, 0.15) is 35.2 Å². The molecule has 0 bridgehead atoms. The van der Waals surface area contributed by atoms with Crippen molar-refractivity contribution in [3.8, 4) is 0 Å². The third kappa shape index (κ3) is 1.47. The van der Waals surface area contributed by atoms with E-state index >= 15 is 0 Å². The third-order valence-electron chi connectivity index (χ3n) is 1.68. The van der Waals surface area contributed by atoms with Crippen molar-refractivity contribution in [2.75, 3.05) is 0 Å². The highest BCUT2D eigenvalue weighted by Crippen LogP contribution is 2.15. The van der Waals surface area contributed by atoms with Gasteiger partial charge in [0.1, 0.15) is 0 Å². The second-order valence-corrected chi connectivity index (χ2v) is 2.63. The molecular formula is C8H11NO3.